The molecule has 25 heavy (non-hydrogen) atoms. The van der Waals surface area contributed by atoms with Gasteiger partial charge >= 0.3 is 0 Å². The van der Waals surface area contributed by atoms with Crippen LogP contribution in [0.5, 0.6) is 11.5 Å². The maximum Gasteiger partial charge on any atom is 0.226 e. The number of para-hydroxylation sites is 2. The van der Waals surface area contributed by atoms with Crippen molar-refractivity contribution >= 4 is 11.6 Å². The lowest BCUT2D eigenvalue weighted by molar-refractivity contribution is -0.116. The average Bonchev–Trinajstić information content (AvgIpc) is 3.00. The zero-order chi connectivity index (χ0) is 17.6. The first kappa shape index (κ1) is 16.7. The van der Waals surface area contributed by atoms with Gasteiger partial charge in [-0.15, -0.1) is 0 Å². The Morgan fingerprint density at radius 2 is 2.08 bits per heavy atom. The van der Waals surface area contributed by atoms with Gasteiger partial charge in [0.2, 0.25) is 5.91 Å². The number of halogens is 1. The predicted octanol–water partition coefficient (Wildman–Crippen LogP) is 4.15. The summed E-state index contributed by atoms with van der Waals surface area (Å²) >= 11 is 0. The Hall–Kier alpha value is -3.15. The molecule has 0 spiro atoms. The average molecular weight is 339 g/mol. The van der Waals surface area contributed by atoms with Gasteiger partial charge in [0.05, 0.1) is 11.9 Å². The van der Waals surface area contributed by atoms with E-state index in [4.69, 9.17) is 4.74 Å². The third kappa shape index (κ3) is 4.67. The van der Waals surface area contributed by atoms with E-state index in [0.717, 1.165) is 5.56 Å². The number of aryl methyl sites for hydroxylation is 2. The Bertz CT molecular complexity index is 876. The van der Waals surface area contributed by atoms with Crippen molar-refractivity contribution in [3.05, 3.63) is 72.3 Å². The molecular weight excluding hydrogens is 321 g/mol. The zero-order valence-electron chi connectivity index (χ0n) is 13.8. The monoisotopic (exact) mass is 339 g/mol. The molecule has 1 heterocycles. The second kappa shape index (κ2) is 7.61. The van der Waals surface area contributed by atoms with Crippen molar-refractivity contribution in [2.75, 3.05) is 5.32 Å². The fourth-order valence-corrected chi connectivity index (χ4v) is 2.33. The smallest absolute Gasteiger partial charge is 0.226 e. The van der Waals surface area contributed by atoms with Crippen molar-refractivity contribution in [3.8, 4) is 11.5 Å². The van der Waals surface area contributed by atoms with E-state index < -0.39 is 0 Å². The van der Waals surface area contributed by atoms with Crippen LogP contribution in [0.1, 0.15) is 12.0 Å². The molecule has 1 N–H and O–H groups in total. The van der Waals surface area contributed by atoms with Gasteiger partial charge in [-0.2, -0.15) is 5.10 Å². The van der Waals surface area contributed by atoms with Gasteiger partial charge in [-0.25, -0.2) is 4.39 Å². The first-order valence-electron chi connectivity index (χ1n) is 7.91. The van der Waals surface area contributed by atoms with Crippen molar-refractivity contribution in [3.63, 3.8) is 0 Å². The largest absolute Gasteiger partial charge is 0.455 e. The minimum atomic E-state index is -0.381. The van der Waals surface area contributed by atoms with Gasteiger partial charge in [0.25, 0.3) is 0 Å². The first-order valence-corrected chi connectivity index (χ1v) is 7.91. The van der Waals surface area contributed by atoms with Crippen molar-refractivity contribution < 1.29 is 13.9 Å². The zero-order valence-corrected chi connectivity index (χ0v) is 13.8. The second-order valence-corrected chi connectivity index (χ2v) is 5.63. The summed E-state index contributed by atoms with van der Waals surface area (Å²) in [6, 6.07) is 12.9. The van der Waals surface area contributed by atoms with Gasteiger partial charge in [0.15, 0.2) is 5.75 Å². The molecule has 0 saturated heterocycles. The second-order valence-electron chi connectivity index (χ2n) is 5.63. The summed E-state index contributed by atoms with van der Waals surface area (Å²) in [7, 11) is 0. The highest BCUT2D eigenvalue weighted by Crippen LogP contribution is 2.29. The predicted molar refractivity (Wildman–Crippen MR) is 93.1 cm³/mol. The number of ether oxygens (including phenoxy) is 1. The molecule has 0 saturated carbocycles. The number of carbonyl (C=O) groups excluding carboxylic acids is 1. The molecule has 0 unspecified atom stereocenters. The van der Waals surface area contributed by atoms with Crippen molar-refractivity contribution in [2.24, 2.45) is 0 Å². The number of nitrogens with zero attached hydrogens (tertiary/aromatic N) is 2. The fourth-order valence-electron chi connectivity index (χ4n) is 2.33. The molecule has 1 aromatic heterocycles. The van der Waals surface area contributed by atoms with Crippen molar-refractivity contribution in [1.29, 1.82) is 0 Å². The van der Waals surface area contributed by atoms with E-state index in [2.05, 4.69) is 10.4 Å². The standard InChI is InChI=1S/C19H18FN3O2/c1-14-12-21-23(13-14)10-9-19(24)22-17-7-2-3-8-18(17)25-16-6-4-5-15(20)11-16/h2-8,11-13H,9-10H2,1H3,(H,22,24). The molecule has 5 nitrogen and oxygen atoms in total. The third-order valence-electron chi connectivity index (χ3n) is 3.52. The molecule has 0 fully saturated rings. The van der Waals surface area contributed by atoms with Gasteiger partial charge < -0.3 is 10.1 Å². The molecule has 0 aliphatic carbocycles. The van der Waals surface area contributed by atoms with E-state index in [0.29, 0.717) is 23.7 Å². The number of rotatable bonds is 6. The molecule has 1 amide bonds. The van der Waals surface area contributed by atoms with Crippen LogP contribution in [0.15, 0.2) is 60.9 Å². The van der Waals surface area contributed by atoms with Crippen LogP contribution in [-0.4, -0.2) is 15.7 Å². The van der Waals surface area contributed by atoms with E-state index in [1.807, 2.05) is 13.1 Å². The number of amides is 1. The molecule has 2 aromatic carbocycles. The minimum absolute atomic E-state index is 0.150. The van der Waals surface area contributed by atoms with E-state index in [-0.39, 0.29) is 18.1 Å². The Morgan fingerprint density at radius 3 is 2.84 bits per heavy atom. The molecule has 0 aliphatic rings. The number of hydrogen-bond acceptors (Lipinski definition) is 3. The molecular formula is C19H18FN3O2. The fraction of sp³-hybridized carbons (Fsp3) is 0.158. The summed E-state index contributed by atoms with van der Waals surface area (Å²) < 4.78 is 20.7. The Balaban J connectivity index is 1.65. The summed E-state index contributed by atoms with van der Waals surface area (Å²) in [5.41, 5.74) is 1.59. The van der Waals surface area contributed by atoms with E-state index in [9.17, 15) is 9.18 Å². The number of nitrogens with one attached hydrogen (secondary N) is 1. The maximum absolute atomic E-state index is 13.3. The molecule has 128 valence electrons. The van der Waals surface area contributed by atoms with Crippen LogP contribution in [0, 0.1) is 12.7 Å². The molecule has 3 rings (SSSR count). The van der Waals surface area contributed by atoms with E-state index in [1.165, 1.54) is 12.1 Å². The number of aromatic nitrogens is 2. The van der Waals surface area contributed by atoms with Crippen LogP contribution in [0.3, 0.4) is 0 Å². The van der Waals surface area contributed by atoms with Crippen LogP contribution in [-0.2, 0) is 11.3 Å². The van der Waals surface area contributed by atoms with Gasteiger partial charge in [-0.1, -0.05) is 18.2 Å². The highest BCUT2D eigenvalue weighted by atomic mass is 19.1. The number of carbonyl (C=O) groups is 1. The number of hydrogen-bond donors (Lipinski definition) is 1. The summed E-state index contributed by atoms with van der Waals surface area (Å²) in [5.74, 6) is 0.294. The molecule has 3 aromatic rings. The van der Waals surface area contributed by atoms with Crippen molar-refractivity contribution in [2.45, 2.75) is 19.9 Å². The van der Waals surface area contributed by atoms with Crippen LogP contribution in [0.2, 0.25) is 0 Å². The summed E-state index contributed by atoms with van der Waals surface area (Å²) in [4.78, 5) is 12.2. The highest BCUT2D eigenvalue weighted by molar-refractivity contribution is 5.92. The lowest BCUT2D eigenvalue weighted by atomic mass is 10.2. The van der Waals surface area contributed by atoms with E-state index in [1.54, 1.807) is 47.3 Å². The van der Waals surface area contributed by atoms with E-state index >= 15 is 0 Å². The Labute approximate surface area is 145 Å². The Kier molecular flexibility index (Phi) is 5.09. The number of anilines is 1. The van der Waals surface area contributed by atoms with Gasteiger partial charge in [0, 0.05) is 25.2 Å². The Morgan fingerprint density at radius 1 is 1.24 bits per heavy atom. The minimum Gasteiger partial charge on any atom is -0.455 e. The van der Waals surface area contributed by atoms with Crippen LogP contribution in [0.4, 0.5) is 10.1 Å². The number of benzene rings is 2. The van der Waals surface area contributed by atoms with Crippen molar-refractivity contribution in [1.82, 2.24) is 9.78 Å². The molecule has 0 aliphatic heterocycles. The normalized spacial score (nSPS) is 10.5. The van der Waals surface area contributed by atoms with Gasteiger partial charge in [-0.05, 0) is 36.8 Å². The van der Waals surface area contributed by atoms with Gasteiger partial charge in [-0.3, -0.25) is 9.48 Å². The van der Waals surface area contributed by atoms with Crippen LogP contribution >= 0.6 is 0 Å². The molecule has 6 heteroatoms. The van der Waals surface area contributed by atoms with Crippen LogP contribution < -0.4 is 10.1 Å². The lowest BCUT2D eigenvalue weighted by Crippen LogP contribution is -2.15. The highest BCUT2D eigenvalue weighted by Gasteiger charge is 2.09. The summed E-state index contributed by atoms with van der Waals surface area (Å²) in [6.45, 7) is 2.44. The van der Waals surface area contributed by atoms with Gasteiger partial charge in [0.1, 0.15) is 11.6 Å². The third-order valence-corrected chi connectivity index (χ3v) is 3.52. The maximum atomic E-state index is 13.3. The quantitative estimate of drug-likeness (QED) is 0.734. The lowest BCUT2D eigenvalue weighted by Gasteiger charge is -2.12. The molecule has 0 bridgehead atoms. The first-order chi connectivity index (χ1) is 12.1. The molecule has 0 radical (unpaired) electrons. The van der Waals surface area contributed by atoms with Crippen LogP contribution in [0.25, 0.3) is 0 Å². The molecule has 0 atom stereocenters. The SMILES string of the molecule is Cc1cnn(CCC(=O)Nc2ccccc2Oc2cccc(F)c2)c1. The topological polar surface area (TPSA) is 56.2 Å². The summed E-state index contributed by atoms with van der Waals surface area (Å²) in [6.07, 6.45) is 3.92. The summed E-state index contributed by atoms with van der Waals surface area (Å²) in [5, 5.41) is 6.98.